The van der Waals surface area contributed by atoms with Gasteiger partial charge < -0.3 is 15.2 Å². The Balaban J connectivity index is 1.47. The number of anilines is 1. The van der Waals surface area contributed by atoms with Gasteiger partial charge in [-0.3, -0.25) is 4.68 Å². The van der Waals surface area contributed by atoms with Crippen LogP contribution < -0.4 is 5.32 Å². The molecule has 0 aliphatic carbocycles. The highest BCUT2D eigenvalue weighted by Gasteiger charge is 2.17. The van der Waals surface area contributed by atoms with Crippen LogP contribution in [0.2, 0.25) is 0 Å². The second-order valence-corrected chi connectivity index (χ2v) is 8.81. The first-order chi connectivity index (χ1) is 17.6. The van der Waals surface area contributed by atoms with Crippen LogP contribution in [0.4, 0.5) is 14.7 Å². The van der Waals surface area contributed by atoms with Gasteiger partial charge in [-0.15, -0.1) is 16.4 Å². The fraction of sp³-hybridized carbons (Fsp3) is 0.208. The number of rotatable bonds is 10. The van der Waals surface area contributed by atoms with Gasteiger partial charge in [0.25, 0.3) is 0 Å². The molecule has 1 aromatic carbocycles. The minimum atomic E-state index is -0.617. The number of benzene rings is 1. The average molecular weight is 510 g/mol. The van der Waals surface area contributed by atoms with Crippen molar-refractivity contribution in [3.63, 3.8) is 0 Å². The number of nitrogens with zero attached hydrogens (tertiary/aromatic N) is 6. The summed E-state index contributed by atoms with van der Waals surface area (Å²) in [5, 5.41) is 20.6. The first-order valence-corrected chi connectivity index (χ1v) is 11.9. The van der Waals surface area contributed by atoms with Crippen LogP contribution >= 0.6 is 11.3 Å². The molecule has 0 saturated heterocycles. The molecule has 5 aromatic rings. The molecule has 2 N–H and O–H groups in total. The van der Waals surface area contributed by atoms with Gasteiger partial charge in [0.15, 0.2) is 5.82 Å². The first kappa shape index (κ1) is 23.9. The van der Waals surface area contributed by atoms with E-state index in [0.717, 1.165) is 21.8 Å². The van der Waals surface area contributed by atoms with Crippen molar-refractivity contribution in [1.29, 1.82) is 0 Å². The summed E-state index contributed by atoms with van der Waals surface area (Å²) in [5.74, 6) is -0.866. The number of thiophene rings is 1. The van der Waals surface area contributed by atoms with E-state index in [4.69, 9.17) is 9.84 Å². The smallest absolute Gasteiger partial charge is 0.223 e. The van der Waals surface area contributed by atoms with E-state index in [1.165, 1.54) is 23.6 Å². The van der Waals surface area contributed by atoms with Crippen LogP contribution in [0, 0.1) is 11.8 Å². The molecule has 0 fully saturated rings. The maximum Gasteiger partial charge on any atom is 0.223 e. The van der Waals surface area contributed by atoms with E-state index in [1.807, 2.05) is 24.3 Å². The molecule has 0 amide bonds. The summed E-state index contributed by atoms with van der Waals surface area (Å²) < 4.78 is 36.8. The summed E-state index contributed by atoms with van der Waals surface area (Å²) in [5.41, 5.74) is 2.25. The Bertz CT molecular complexity index is 1480. The van der Waals surface area contributed by atoms with Crippen LogP contribution in [0.15, 0.2) is 55.1 Å². The summed E-state index contributed by atoms with van der Waals surface area (Å²) in [6, 6.07) is 8.86. The van der Waals surface area contributed by atoms with Gasteiger partial charge in [-0.05, 0) is 17.0 Å². The van der Waals surface area contributed by atoms with Gasteiger partial charge in [0, 0.05) is 40.8 Å². The molecule has 36 heavy (non-hydrogen) atoms. The number of ether oxygens (including phenoxy) is 1. The van der Waals surface area contributed by atoms with Gasteiger partial charge in [0.05, 0.1) is 43.6 Å². The Kier molecular flexibility index (Phi) is 7.16. The molecule has 4 heterocycles. The molecular formula is C24H21F2N7O2S. The van der Waals surface area contributed by atoms with E-state index in [2.05, 4.69) is 30.6 Å². The Morgan fingerprint density at radius 3 is 2.86 bits per heavy atom. The number of hydrogen-bond acceptors (Lipinski definition) is 9. The topological polar surface area (TPSA) is 111 Å². The highest BCUT2D eigenvalue weighted by atomic mass is 32.1. The zero-order valence-electron chi connectivity index (χ0n) is 18.9. The van der Waals surface area contributed by atoms with Gasteiger partial charge >= 0.3 is 0 Å². The lowest BCUT2D eigenvalue weighted by Gasteiger charge is -2.11. The van der Waals surface area contributed by atoms with E-state index >= 15 is 0 Å². The van der Waals surface area contributed by atoms with E-state index in [0.29, 0.717) is 35.0 Å². The Morgan fingerprint density at radius 2 is 2.03 bits per heavy atom. The molecule has 0 spiro atoms. The number of hydrogen-bond donors (Lipinski definition) is 2. The third-order valence-electron chi connectivity index (χ3n) is 5.35. The van der Waals surface area contributed by atoms with Crippen LogP contribution in [0.3, 0.4) is 0 Å². The molecule has 0 aliphatic heterocycles. The van der Waals surface area contributed by atoms with Gasteiger partial charge in [-0.25, -0.2) is 19.3 Å². The average Bonchev–Trinajstić information content (AvgIpc) is 3.56. The van der Waals surface area contributed by atoms with Crippen molar-refractivity contribution < 1.29 is 18.6 Å². The molecular weight excluding hydrogens is 488 g/mol. The summed E-state index contributed by atoms with van der Waals surface area (Å²) in [4.78, 5) is 12.8. The minimum absolute atomic E-state index is 0.115. The number of fused-ring (bicyclic) bond motifs is 1. The molecule has 12 heteroatoms. The molecule has 5 rings (SSSR count). The fourth-order valence-corrected chi connectivity index (χ4v) is 4.90. The highest BCUT2D eigenvalue weighted by molar-refractivity contribution is 7.22. The van der Waals surface area contributed by atoms with E-state index in [-0.39, 0.29) is 25.5 Å². The van der Waals surface area contributed by atoms with Gasteiger partial charge in [-0.2, -0.15) is 4.39 Å². The third-order valence-corrected chi connectivity index (χ3v) is 6.54. The van der Waals surface area contributed by atoms with Crippen LogP contribution in [-0.4, -0.2) is 54.8 Å². The molecule has 4 aromatic heterocycles. The molecule has 0 saturated carbocycles. The van der Waals surface area contributed by atoms with E-state index < -0.39 is 11.8 Å². The summed E-state index contributed by atoms with van der Waals surface area (Å²) >= 11 is 1.36. The van der Waals surface area contributed by atoms with Crippen molar-refractivity contribution >= 4 is 27.4 Å². The molecule has 0 unspecified atom stereocenters. The standard InChI is InChI=1S/C24H21F2N7O2S/c25-19-13-29-24(27-4-6-33-7-5-30-32-33)31-22(19)20-10-15-2-1-3-17(23(15)36-20)18-11-21(26)28-12-16(18)14-35-9-8-34/h1-3,5,7,10-13,34H,4,6,8-9,14H2,(H,27,29,31). The van der Waals surface area contributed by atoms with Crippen LogP contribution in [0.25, 0.3) is 31.8 Å². The van der Waals surface area contributed by atoms with Crippen molar-refractivity contribution in [2.45, 2.75) is 13.2 Å². The number of pyridine rings is 1. The number of aromatic nitrogens is 6. The first-order valence-electron chi connectivity index (χ1n) is 11.1. The zero-order chi connectivity index (χ0) is 24.9. The largest absolute Gasteiger partial charge is 0.394 e. The quantitative estimate of drug-likeness (QED) is 0.215. The van der Waals surface area contributed by atoms with Crippen molar-refractivity contribution in [2.24, 2.45) is 0 Å². The summed E-state index contributed by atoms with van der Waals surface area (Å²) in [7, 11) is 0. The van der Waals surface area contributed by atoms with Crippen LogP contribution in [0.5, 0.6) is 0 Å². The number of halogens is 2. The van der Waals surface area contributed by atoms with Crippen LogP contribution in [0.1, 0.15) is 5.56 Å². The molecule has 0 atom stereocenters. The maximum absolute atomic E-state index is 14.8. The van der Waals surface area contributed by atoms with Gasteiger partial charge in [-0.1, -0.05) is 23.4 Å². The van der Waals surface area contributed by atoms with E-state index in [9.17, 15) is 8.78 Å². The van der Waals surface area contributed by atoms with Crippen molar-refractivity contribution in [1.82, 2.24) is 29.9 Å². The molecule has 184 valence electrons. The lowest BCUT2D eigenvalue weighted by Crippen LogP contribution is -2.13. The monoisotopic (exact) mass is 509 g/mol. The number of aliphatic hydroxyl groups excluding tert-OH is 1. The predicted octanol–water partition coefficient (Wildman–Crippen LogP) is 3.91. The van der Waals surface area contributed by atoms with Crippen molar-refractivity contribution in [3.8, 4) is 21.7 Å². The predicted molar refractivity (Wildman–Crippen MR) is 131 cm³/mol. The Morgan fingerprint density at radius 1 is 1.11 bits per heavy atom. The normalized spacial score (nSPS) is 11.3. The second-order valence-electron chi connectivity index (χ2n) is 7.76. The Labute approximate surface area is 208 Å². The fourth-order valence-electron chi connectivity index (χ4n) is 3.72. The SMILES string of the molecule is OCCOCc1cnc(F)cc1-c1cccc2cc(-c3nc(NCCn4ccnn4)ncc3F)sc12. The van der Waals surface area contributed by atoms with Crippen LogP contribution in [-0.2, 0) is 17.9 Å². The lowest BCUT2D eigenvalue weighted by atomic mass is 10.0. The zero-order valence-corrected chi connectivity index (χ0v) is 19.8. The summed E-state index contributed by atoms with van der Waals surface area (Å²) in [6.07, 6.45) is 5.90. The third kappa shape index (κ3) is 5.20. The summed E-state index contributed by atoms with van der Waals surface area (Å²) in [6.45, 7) is 1.25. The minimum Gasteiger partial charge on any atom is -0.394 e. The molecule has 0 radical (unpaired) electrons. The van der Waals surface area contributed by atoms with Crippen molar-refractivity contribution in [3.05, 3.63) is 72.4 Å². The van der Waals surface area contributed by atoms with Crippen molar-refractivity contribution in [2.75, 3.05) is 25.1 Å². The highest BCUT2D eigenvalue weighted by Crippen LogP contribution is 2.40. The molecule has 9 nitrogen and oxygen atoms in total. The number of nitrogens with one attached hydrogen (secondary N) is 1. The molecule has 0 bridgehead atoms. The molecule has 0 aliphatic rings. The second kappa shape index (κ2) is 10.8. The van der Waals surface area contributed by atoms with Gasteiger partial charge in [0.2, 0.25) is 11.9 Å². The van der Waals surface area contributed by atoms with E-state index in [1.54, 1.807) is 17.1 Å². The number of aliphatic hydroxyl groups is 1. The van der Waals surface area contributed by atoms with Gasteiger partial charge in [0.1, 0.15) is 5.69 Å². The lowest BCUT2D eigenvalue weighted by molar-refractivity contribution is 0.0816. The Hall–Kier alpha value is -3.87. The maximum atomic E-state index is 14.8.